The summed E-state index contributed by atoms with van der Waals surface area (Å²) in [6.45, 7) is 2.86. The highest BCUT2D eigenvalue weighted by atomic mass is 35.5. The molecule has 6 nitrogen and oxygen atoms in total. The minimum Gasteiger partial charge on any atom is -0.484 e. The summed E-state index contributed by atoms with van der Waals surface area (Å²) < 4.78 is 7.67. The van der Waals surface area contributed by atoms with E-state index >= 15 is 0 Å². The van der Waals surface area contributed by atoms with Crippen LogP contribution in [0.15, 0.2) is 48.5 Å². The summed E-state index contributed by atoms with van der Waals surface area (Å²) in [6.07, 6.45) is 0. The molecule has 2 heterocycles. The van der Waals surface area contributed by atoms with Crippen LogP contribution in [0.4, 0.5) is 5.95 Å². The number of amides is 1. The van der Waals surface area contributed by atoms with E-state index in [1.165, 1.54) is 0 Å². The van der Waals surface area contributed by atoms with Crippen LogP contribution in [0.25, 0.3) is 11.0 Å². The number of benzene rings is 2. The smallest absolute Gasteiger partial charge is 0.260 e. The molecule has 1 aliphatic rings. The predicted octanol–water partition coefficient (Wildman–Crippen LogP) is 2.95. The molecule has 1 aliphatic heterocycles. The van der Waals surface area contributed by atoms with Gasteiger partial charge in [-0.1, -0.05) is 23.7 Å². The Balaban J connectivity index is 1.34. The number of carbonyl (C=O) groups is 1. The molecule has 1 fully saturated rings. The molecule has 0 unspecified atom stereocenters. The summed E-state index contributed by atoms with van der Waals surface area (Å²) in [4.78, 5) is 21.2. The standard InChI is InChI=1S/C20H21ClN4O2/c1-23-18-5-3-2-4-17(18)22-20(23)25-12-10-24(11-13-25)19(26)14-27-16-8-6-15(21)7-9-16/h2-9H,10-14H2,1H3. The van der Waals surface area contributed by atoms with Crippen LogP contribution in [0.2, 0.25) is 5.02 Å². The van der Waals surface area contributed by atoms with Gasteiger partial charge in [-0.05, 0) is 36.4 Å². The molecule has 140 valence electrons. The number of rotatable bonds is 4. The van der Waals surface area contributed by atoms with Gasteiger partial charge in [0.05, 0.1) is 11.0 Å². The van der Waals surface area contributed by atoms with Crippen molar-refractivity contribution >= 4 is 34.5 Å². The van der Waals surface area contributed by atoms with Gasteiger partial charge in [-0.25, -0.2) is 4.98 Å². The highest BCUT2D eigenvalue weighted by Crippen LogP contribution is 2.22. The quantitative estimate of drug-likeness (QED) is 0.694. The van der Waals surface area contributed by atoms with Gasteiger partial charge in [0.2, 0.25) is 5.95 Å². The van der Waals surface area contributed by atoms with E-state index in [2.05, 4.69) is 15.5 Å². The van der Waals surface area contributed by atoms with Crippen LogP contribution in [0.5, 0.6) is 5.75 Å². The number of fused-ring (bicyclic) bond motifs is 1. The van der Waals surface area contributed by atoms with Crippen LogP contribution in [0.3, 0.4) is 0 Å². The van der Waals surface area contributed by atoms with Gasteiger partial charge >= 0.3 is 0 Å². The largest absolute Gasteiger partial charge is 0.484 e. The molecular formula is C20H21ClN4O2. The fourth-order valence-electron chi connectivity index (χ4n) is 3.34. The van der Waals surface area contributed by atoms with Crippen LogP contribution in [0.1, 0.15) is 0 Å². The van der Waals surface area contributed by atoms with Crippen molar-refractivity contribution in [2.45, 2.75) is 0 Å². The molecule has 0 radical (unpaired) electrons. The molecule has 3 aromatic rings. The summed E-state index contributed by atoms with van der Waals surface area (Å²) in [5.74, 6) is 1.58. The zero-order valence-corrected chi connectivity index (χ0v) is 15.9. The number of anilines is 1. The van der Waals surface area contributed by atoms with Crippen molar-refractivity contribution in [3.05, 3.63) is 53.6 Å². The fraction of sp³-hybridized carbons (Fsp3) is 0.300. The number of nitrogens with zero attached hydrogens (tertiary/aromatic N) is 4. The number of hydrogen-bond acceptors (Lipinski definition) is 4. The SMILES string of the molecule is Cn1c(N2CCN(C(=O)COc3ccc(Cl)cc3)CC2)nc2ccccc21. The Morgan fingerprint density at radius 1 is 1.07 bits per heavy atom. The summed E-state index contributed by atoms with van der Waals surface area (Å²) in [6, 6.07) is 15.1. The highest BCUT2D eigenvalue weighted by Gasteiger charge is 2.24. The van der Waals surface area contributed by atoms with Gasteiger partial charge in [0.15, 0.2) is 6.61 Å². The lowest BCUT2D eigenvalue weighted by molar-refractivity contribution is -0.133. The van der Waals surface area contributed by atoms with Crippen molar-refractivity contribution < 1.29 is 9.53 Å². The van der Waals surface area contributed by atoms with E-state index in [0.717, 1.165) is 30.1 Å². The summed E-state index contributed by atoms with van der Waals surface area (Å²) in [7, 11) is 2.03. The van der Waals surface area contributed by atoms with E-state index in [-0.39, 0.29) is 12.5 Å². The van der Waals surface area contributed by atoms with E-state index in [0.29, 0.717) is 23.9 Å². The average molecular weight is 385 g/mol. The first-order valence-electron chi connectivity index (χ1n) is 8.94. The number of para-hydroxylation sites is 2. The third-order valence-electron chi connectivity index (χ3n) is 4.85. The monoisotopic (exact) mass is 384 g/mol. The lowest BCUT2D eigenvalue weighted by Crippen LogP contribution is -2.50. The molecule has 1 saturated heterocycles. The molecule has 1 amide bonds. The zero-order valence-electron chi connectivity index (χ0n) is 15.1. The first kappa shape index (κ1) is 17.7. The van der Waals surface area contributed by atoms with E-state index < -0.39 is 0 Å². The molecule has 27 heavy (non-hydrogen) atoms. The van der Waals surface area contributed by atoms with E-state index in [4.69, 9.17) is 21.3 Å². The van der Waals surface area contributed by atoms with Crippen LogP contribution < -0.4 is 9.64 Å². The zero-order chi connectivity index (χ0) is 18.8. The Bertz CT molecular complexity index is 946. The van der Waals surface area contributed by atoms with Gasteiger partial charge in [-0.15, -0.1) is 0 Å². The maximum absolute atomic E-state index is 12.4. The molecule has 0 saturated carbocycles. The number of imidazole rings is 1. The van der Waals surface area contributed by atoms with Crippen molar-refractivity contribution in [3.63, 3.8) is 0 Å². The van der Waals surface area contributed by atoms with Crippen molar-refractivity contribution in [1.29, 1.82) is 0 Å². The normalized spacial score (nSPS) is 14.6. The van der Waals surface area contributed by atoms with Gasteiger partial charge < -0.3 is 19.1 Å². The van der Waals surface area contributed by atoms with Crippen molar-refractivity contribution in [3.8, 4) is 5.75 Å². The first-order valence-corrected chi connectivity index (χ1v) is 9.32. The van der Waals surface area contributed by atoms with Crippen molar-refractivity contribution in [1.82, 2.24) is 14.5 Å². The number of hydrogen-bond donors (Lipinski definition) is 0. The third kappa shape index (κ3) is 3.71. The Labute approximate surface area is 162 Å². The molecule has 0 bridgehead atoms. The average Bonchev–Trinajstić information content (AvgIpc) is 3.04. The third-order valence-corrected chi connectivity index (χ3v) is 5.11. The molecule has 1 aromatic heterocycles. The Morgan fingerprint density at radius 2 is 1.78 bits per heavy atom. The Morgan fingerprint density at radius 3 is 2.48 bits per heavy atom. The Hall–Kier alpha value is -2.73. The molecule has 0 spiro atoms. The molecule has 2 aromatic carbocycles. The van der Waals surface area contributed by atoms with Crippen LogP contribution in [-0.2, 0) is 11.8 Å². The topological polar surface area (TPSA) is 50.6 Å². The number of halogens is 1. The van der Waals surface area contributed by atoms with E-state index in [1.54, 1.807) is 24.3 Å². The molecule has 7 heteroatoms. The van der Waals surface area contributed by atoms with E-state index in [9.17, 15) is 4.79 Å². The minimum atomic E-state index is -0.00500. The van der Waals surface area contributed by atoms with Gasteiger partial charge in [-0.3, -0.25) is 4.79 Å². The summed E-state index contributed by atoms with van der Waals surface area (Å²) in [5, 5.41) is 0.645. The summed E-state index contributed by atoms with van der Waals surface area (Å²) in [5.41, 5.74) is 2.10. The first-order chi connectivity index (χ1) is 13.1. The molecule has 4 rings (SSSR count). The molecular weight excluding hydrogens is 364 g/mol. The van der Waals surface area contributed by atoms with Crippen molar-refractivity contribution in [2.24, 2.45) is 7.05 Å². The number of piperazine rings is 1. The maximum Gasteiger partial charge on any atom is 0.260 e. The van der Waals surface area contributed by atoms with Crippen LogP contribution in [-0.4, -0.2) is 53.1 Å². The van der Waals surface area contributed by atoms with E-state index in [1.807, 2.05) is 30.1 Å². The number of carbonyl (C=O) groups excluding carboxylic acids is 1. The second-order valence-electron chi connectivity index (χ2n) is 6.57. The number of ether oxygens (including phenoxy) is 1. The van der Waals surface area contributed by atoms with Gasteiger partial charge in [0.1, 0.15) is 5.75 Å². The van der Waals surface area contributed by atoms with Crippen LogP contribution in [0, 0.1) is 0 Å². The summed E-state index contributed by atoms with van der Waals surface area (Å²) >= 11 is 5.86. The number of aromatic nitrogens is 2. The lowest BCUT2D eigenvalue weighted by Gasteiger charge is -2.35. The second kappa shape index (κ2) is 7.48. The second-order valence-corrected chi connectivity index (χ2v) is 7.01. The van der Waals surface area contributed by atoms with Crippen LogP contribution >= 0.6 is 11.6 Å². The molecule has 0 aliphatic carbocycles. The minimum absolute atomic E-state index is 0.00500. The predicted molar refractivity (Wildman–Crippen MR) is 106 cm³/mol. The fourth-order valence-corrected chi connectivity index (χ4v) is 3.46. The van der Waals surface area contributed by atoms with Gasteiger partial charge in [0.25, 0.3) is 5.91 Å². The Kier molecular flexibility index (Phi) is 4.90. The highest BCUT2D eigenvalue weighted by molar-refractivity contribution is 6.30. The molecule has 0 N–H and O–H groups in total. The van der Waals surface area contributed by atoms with Gasteiger partial charge in [-0.2, -0.15) is 0 Å². The molecule has 0 atom stereocenters. The maximum atomic E-state index is 12.4. The number of aryl methyl sites for hydroxylation is 1. The van der Waals surface area contributed by atoms with Crippen molar-refractivity contribution in [2.75, 3.05) is 37.7 Å². The lowest BCUT2D eigenvalue weighted by atomic mass is 10.3. The van der Waals surface area contributed by atoms with Gasteiger partial charge in [0, 0.05) is 38.2 Å².